The van der Waals surface area contributed by atoms with Crippen LogP contribution in [0, 0.1) is 11.8 Å². The van der Waals surface area contributed by atoms with Crippen LogP contribution in [0.25, 0.3) is 0 Å². The van der Waals surface area contributed by atoms with Gasteiger partial charge in [0.2, 0.25) is 0 Å². The van der Waals surface area contributed by atoms with Crippen molar-refractivity contribution in [1.29, 1.82) is 0 Å². The van der Waals surface area contributed by atoms with E-state index < -0.39 is 0 Å². The Balaban J connectivity index is 1.37. The molecule has 0 nitrogen and oxygen atoms in total. The second-order valence-electron chi connectivity index (χ2n) is 7.86. The molecule has 0 aromatic heterocycles. The highest BCUT2D eigenvalue weighted by Crippen LogP contribution is 2.41. The Labute approximate surface area is 146 Å². The van der Waals surface area contributed by atoms with Gasteiger partial charge in [0, 0.05) is 0 Å². The molecule has 0 aliphatic heterocycles. The zero-order chi connectivity index (χ0) is 16.5. The van der Waals surface area contributed by atoms with Gasteiger partial charge in [-0.2, -0.15) is 0 Å². The first-order chi connectivity index (χ1) is 11.7. The van der Waals surface area contributed by atoms with E-state index in [1.165, 1.54) is 54.4 Å². The third-order valence-corrected chi connectivity index (χ3v) is 6.22. The molecule has 0 spiro atoms. The molecule has 4 aliphatic carbocycles. The fourth-order valence-electron chi connectivity index (χ4n) is 4.59. The highest BCUT2D eigenvalue weighted by Gasteiger charge is 2.25. The molecule has 1 saturated carbocycles. The molecule has 0 aromatic rings. The molecule has 0 heteroatoms. The SMILES string of the molecule is CC1=C(C)CC(C2CCC(/C=C3/C=CC=C3C3=CC=CC3)CC2)=C1. The van der Waals surface area contributed by atoms with Crippen LogP contribution < -0.4 is 0 Å². The summed E-state index contributed by atoms with van der Waals surface area (Å²) in [5.41, 5.74) is 9.20. The smallest absolute Gasteiger partial charge is 0.00882 e. The van der Waals surface area contributed by atoms with Crippen LogP contribution in [0.1, 0.15) is 52.4 Å². The lowest BCUT2D eigenvalue weighted by atomic mass is 9.77. The van der Waals surface area contributed by atoms with Gasteiger partial charge in [-0.25, -0.2) is 0 Å². The van der Waals surface area contributed by atoms with E-state index in [4.69, 9.17) is 0 Å². The van der Waals surface area contributed by atoms with Crippen molar-refractivity contribution in [2.75, 3.05) is 0 Å². The van der Waals surface area contributed by atoms with Gasteiger partial charge in [-0.1, -0.05) is 65.3 Å². The third-order valence-electron chi connectivity index (χ3n) is 6.22. The summed E-state index contributed by atoms with van der Waals surface area (Å²) in [6, 6.07) is 0. The van der Waals surface area contributed by atoms with Gasteiger partial charge in [-0.05, 0) is 80.9 Å². The van der Waals surface area contributed by atoms with Crippen LogP contribution in [0.5, 0.6) is 0 Å². The molecule has 124 valence electrons. The Hall–Kier alpha value is -1.82. The van der Waals surface area contributed by atoms with Crippen LogP contribution in [0.15, 0.2) is 82.0 Å². The average molecular weight is 316 g/mol. The van der Waals surface area contributed by atoms with E-state index in [2.05, 4.69) is 62.5 Å². The fraction of sp³-hybridized carbons (Fsp3) is 0.417. The predicted molar refractivity (Wildman–Crippen MR) is 104 cm³/mol. The normalized spacial score (nSPS) is 31.1. The first-order valence-electron chi connectivity index (χ1n) is 9.54. The fourth-order valence-corrected chi connectivity index (χ4v) is 4.59. The minimum atomic E-state index is 0.759. The van der Waals surface area contributed by atoms with Crippen molar-refractivity contribution in [2.45, 2.75) is 52.4 Å². The molecule has 0 amide bonds. The molecule has 24 heavy (non-hydrogen) atoms. The van der Waals surface area contributed by atoms with E-state index in [-0.39, 0.29) is 0 Å². The van der Waals surface area contributed by atoms with Gasteiger partial charge in [0.25, 0.3) is 0 Å². The molecular formula is C24H28. The summed E-state index contributed by atoms with van der Waals surface area (Å²) in [5, 5.41) is 0. The standard InChI is InChI=1S/C24H28/c1-17-14-23(15-18(17)2)20-12-10-19(11-13-20)16-22-8-5-9-24(22)21-6-3-4-7-21/h3-6,8-9,14,16,19-20H,7,10-13,15H2,1-2H3/b22-16-. The molecule has 0 unspecified atom stereocenters. The Morgan fingerprint density at radius 1 is 1.00 bits per heavy atom. The van der Waals surface area contributed by atoms with E-state index in [1.807, 2.05) is 0 Å². The van der Waals surface area contributed by atoms with Crippen molar-refractivity contribution in [3.8, 4) is 0 Å². The zero-order valence-electron chi connectivity index (χ0n) is 15.0. The van der Waals surface area contributed by atoms with Crippen LogP contribution in [0.3, 0.4) is 0 Å². The number of allylic oxidation sites excluding steroid dienone is 14. The second kappa shape index (κ2) is 6.59. The maximum Gasteiger partial charge on any atom is -0.00882 e. The number of hydrogen-bond donors (Lipinski definition) is 0. The van der Waals surface area contributed by atoms with E-state index in [0.717, 1.165) is 18.3 Å². The van der Waals surface area contributed by atoms with Crippen molar-refractivity contribution < 1.29 is 0 Å². The molecule has 0 bridgehead atoms. The summed E-state index contributed by atoms with van der Waals surface area (Å²) in [4.78, 5) is 0. The summed E-state index contributed by atoms with van der Waals surface area (Å²) in [5.74, 6) is 1.59. The third kappa shape index (κ3) is 3.07. The summed E-state index contributed by atoms with van der Waals surface area (Å²) in [6.07, 6.45) is 26.3. The number of hydrogen-bond acceptors (Lipinski definition) is 0. The topological polar surface area (TPSA) is 0 Å². The maximum atomic E-state index is 2.56. The first kappa shape index (κ1) is 15.7. The Morgan fingerprint density at radius 3 is 2.50 bits per heavy atom. The van der Waals surface area contributed by atoms with Gasteiger partial charge in [-0.3, -0.25) is 0 Å². The van der Waals surface area contributed by atoms with Crippen molar-refractivity contribution >= 4 is 0 Å². The summed E-state index contributed by atoms with van der Waals surface area (Å²) in [6.45, 7) is 4.56. The molecule has 0 aromatic carbocycles. The van der Waals surface area contributed by atoms with Gasteiger partial charge in [0.1, 0.15) is 0 Å². The van der Waals surface area contributed by atoms with Crippen LogP contribution in [-0.4, -0.2) is 0 Å². The predicted octanol–water partition coefficient (Wildman–Crippen LogP) is 6.77. The lowest BCUT2D eigenvalue weighted by Crippen LogP contribution is -2.15. The Bertz CT molecular complexity index is 735. The highest BCUT2D eigenvalue weighted by molar-refractivity contribution is 5.60. The van der Waals surface area contributed by atoms with Crippen LogP contribution >= 0.6 is 0 Å². The highest BCUT2D eigenvalue weighted by atomic mass is 14.3. The van der Waals surface area contributed by atoms with Gasteiger partial charge < -0.3 is 0 Å². The Kier molecular flexibility index (Phi) is 4.31. The summed E-state index contributed by atoms with van der Waals surface area (Å²) in [7, 11) is 0. The van der Waals surface area contributed by atoms with E-state index in [9.17, 15) is 0 Å². The lowest BCUT2D eigenvalue weighted by Gasteiger charge is -2.28. The monoisotopic (exact) mass is 316 g/mol. The zero-order valence-corrected chi connectivity index (χ0v) is 15.0. The van der Waals surface area contributed by atoms with Gasteiger partial charge in [-0.15, -0.1) is 0 Å². The van der Waals surface area contributed by atoms with Crippen molar-refractivity contribution in [2.24, 2.45) is 11.8 Å². The van der Waals surface area contributed by atoms with Crippen LogP contribution in [0.4, 0.5) is 0 Å². The van der Waals surface area contributed by atoms with E-state index in [1.54, 1.807) is 11.1 Å². The number of rotatable bonds is 3. The van der Waals surface area contributed by atoms with Gasteiger partial charge >= 0.3 is 0 Å². The second-order valence-corrected chi connectivity index (χ2v) is 7.86. The largest absolute Gasteiger partial charge is 0.0801 e. The van der Waals surface area contributed by atoms with Crippen molar-refractivity contribution in [3.05, 3.63) is 82.0 Å². The minimum absolute atomic E-state index is 0.759. The lowest BCUT2D eigenvalue weighted by molar-refractivity contribution is 0.341. The molecule has 1 fully saturated rings. The molecule has 0 saturated heterocycles. The molecular weight excluding hydrogens is 288 g/mol. The van der Waals surface area contributed by atoms with Crippen molar-refractivity contribution in [1.82, 2.24) is 0 Å². The summed E-state index contributed by atoms with van der Waals surface area (Å²) >= 11 is 0. The van der Waals surface area contributed by atoms with Crippen LogP contribution in [-0.2, 0) is 0 Å². The van der Waals surface area contributed by atoms with Gasteiger partial charge in [0.05, 0.1) is 0 Å². The molecule has 4 aliphatic rings. The minimum Gasteiger partial charge on any atom is -0.0801 e. The van der Waals surface area contributed by atoms with Crippen molar-refractivity contribution in [3.63, 3.8) is 0 Å². The quantitative estimate of drug-likeness (QED) is 0.539. The Morgan fingerprint density at radius 2 is 1.83 bits per heavy atom. The van der Waals surface area contributed by atoms with E-state index >= 15 is 0 Å². The van der Waals surface area contributed by atoms with Crippen LogP contribution in [0.2, 0.25) is 0 Å². The van der Waals surface area contributed by atoms with Gasteiger partial charge in [0.15, 0.2) is 0 Å². The molecule has 4 rings (SSSR count). The molecule has 0 heterocycles. The van der Waals surface area contributed by atoms with E-state index in [0.29, 0.717) is 0 Å². The summed E-state index contributed by atoms with van der Waals surface area (Å²) < 4.78 is 0. The molecule has 0 atom stereocenters. The average Bonchev–Trinajstić information content (AvgIpc) is 3.30. The first-order valence-corrected chi connectivity index (χ1v) is 9.54. The molecule has 0 radical (unpaired) electrons. The molecule has 0 N–H and O–H groups in total. The maximum absolute atomic E-state index is 2.56.